The van der Waals surface area contributed by atoms with Gasteiger partial charge in [-0.25, -0.2) is 0 Å². The van der Waals surface area contributed by atoms with Crippen LogP contribution >= 0.6 is 0 Å². The van der Waals surface area contributed by atoms with Gasteiger partial charge in [0.05, 0.1) is 0 Å². The summed E-state index contributed by atoms with van der Waals surface area (Å²) in [6.07, 6.45) is 2.13. The summed E-state index contributed by atoms with van der Waals surface area (Å²) in [4.78, 5) is 14.6. The molecular formula is C15H20N2O. The maximum atomic E-state index is 12.6. The van der Waals surface area contributed by atoms with Crippen molar-refractivity contribution >= 4 is 5.91 Å². The minimum absolute atomic E-state index is 0.212. The molecule has 0 unspecified atom stereocenters. The molecule has 0 saturated carbocycles. The molecule has 1 aromatic rings. The Labute approximate surface area is 108 Å². The van der Waals surface area contributed by atoms with Crippen molar-refractivity contribution in [2.24, 2.45) is 5.92 Å². The Morgan fingerprint density at radius 2 is 2.22 bits per heavy atom. The van der Waals surface area contributed by atoms with Gasteiger partial charge in [-0.15, -0.1) is 0 Å². The molecule has 2 aliphatic heterocycles. The number of hydrogen-bond donors (Lipinski definition) is 1. The molecule has 3 rings (SSSR count). The number of nitrogens with zero attached hydrogens (tertiary/aromatic N) is 1. The monoisotopic (exact) mass is 244 g/mol. The van der Waals surface area contributed by atoms with E-state index in [1.165, 1.54) is 6.42 Å². The van der Waals surface area contributed by atoms with E-state index < -0.39 is 0 Å². The van der Waals surface area contributed by atoms with Crippen molar-refractivity contribution in [3.63, 3.8) is 0 Å². The van der Waals surface area contributed by atoms with Crippen LogP contribution in [0.4, 0.5) is 0 Å². The van der Waals surface area contributed by atoms with Crippen molar-refractivity contribution in [3.8, 4) is 0 Å². The van der Waals surface area contributed by atoms with Crippen molar-refractivity contribution < 1.29 is 4.79 Å². The first-order valence-electron chi connectivity index (χ1n) is 6.90. The fourth-order valence-corrected chi connectivity index (χ4v) is 3.22. The number of aryl methyl sites for hydroxylation is 1. The Kier molecular flexibility index (Phi) is 3.08. The van der Waals surface area contributed by atoms with Crippen molar-refractivity contribution in [3.05, 3.63) is 35.4 Å². The van der Waals surface area contributed by atoms with E-state index in [0.29, 0.717) is 12.0 Å². The van der Waals surface area contributed by atoms with Crippen molar-refractivity contribution in [1.82, 2.24) is 10.2 Å². The molecule has 18 heavy (non-hydrogen) atoms. The highest BCUT2D eigenvalue weighted by atomic mass is 16.2. The molecule has 1 N–H and O–H groups in total. The van der Waals surface area contributed by atoms with E-state index >= 15 is 0 Å². The standard InChI is InChI=1S/C15H20N2O/c1-2-11-5-3-4-6-13(11)15(18)17-9-12-7-8-16-14(12)10-17/h3-6,12,14,16H,2,7-10H2,1H3/t12-,14+/m0/s1. The summed E-state index contributed by atoms with van der Waals surface area (Å²) in [5.74, 6) is 0.881. The van der Waals surface area contributed by atoms with E-state index in [1.807, 2.05) is 23.1 Å². The van der Waals surface area contributed by atoms with Crippen LogP contribution in [-0.2, 0) is 6.42 Å². The van der Waals surface area contributed by atoms with Gasteiger partial charge in [0.1, 0.15) is 0 Å². The zero-order valence-electron chi connectivity index (χ0n) is 10.9. The molecule has 2 fully saturated rings. The van der Waals surface area contributed by atoms with Gasteiger partial charge in [0.2, 0.25) is 0 Å². The molecule has 1 amide bonds. The van der Waals surface area contributed by atoms with Crippen LogP contribution in [0.3, 0.4) is 0 Å². The molecule has 2 aliphatic rings. The number of rotatable bonds is 2. The molecule has 0 aliphatic carbocycles. The number of benzene rings is 1. The van der Waals surface area contributed by atoms with Crippen LogP contribution in [0.1, 0.15) is 29.3 Å². The number of carbonyl (C=O) groups excluding carboxylic acids is 1. The second-order valence-electron chi connectivity index (χ2n) is 5.33. The summed E-state index contributed by atoms with van der Waals surface area (Å²) in [7, 11) is 0. The Balaban J connectivity index is 1.79. The number of carbonyl (C=O) groups is 1. The van der Waals surface area contributed by atoms with Gasteiger partial charge in [-0.3, -0.25) is 4.79 Å². The summed E-state index contributed by atoms with van der Waals surface area (Å²) >= 11 is 0. The minimum Gasteiger partial charge on any atom is -0.337 e. The molecule has 3 heteroatoms. The predicted octanol–water partition coefficient (Wildman–Crippen LogP) is 1.68. The van der Waals surface area contributed by atoms with Gasteiger partial charge in [0.15, 0.2) is 0 Å². The Bertz CT molecular complexity index is 446. The third-order valence-electron chi connectivity index (χ3n) is 4.28. The van der Waals surface area contributed by atoms with Crippen molar-refractivity contribution in [1.29, 1.82) is 0 Å². The molecule has 0 spiro atoms. The van der Waals surface area contributed by atoms with E-state index in [9.17, 15) is 4.79 Å². The molecule has 96 valence electrons. The molecule has 2 heterocycles. The fraction of sp³-hybridized carbons (Fsp3) is 0.533. The zero-order valence-corrected chi connectivity index (χ0v) is 10.9. The predicted molar refractivity (Wildman–Crippen MR) is 71.6 cm³/mol. The van der Waals surface area contributed by atoms with Crippen molar-refractivity contribution in [2.75, 3.05) is 19.6 Å². The molecule has 0 bridgehead atoms. The third kappa shape index (κ3) is 1.93. The van der Waals surface area contributed by atoms with Gasteiger partial charge >= 0.3 is 0 Å². The normalized spacial score (nSPS) is 26.4. The highest BCUT2D eigenvalue weighted by Crippen LogP contribution is 2.26. The Morgan fingerprint density at radius 3 is 3.00 bits per heavy atom. The van der Waals surface area contributed by atoms with E-state index in [2.05, 4.69) is 18.3 Å². The number of fused-ring (bicyclic) bond motifs is 1. The Morgan fingerprint density at radius 1 is 1.39 bits per heavy atom. The van der Waals surface area contributed by atoms with E-state index in [0.717, 1.165) is 37.2 Å². The summed E-state index contributed by atoms with van der Waals surface area (Å²) in [5.41, 5.74) is 2.05. The van der Waals surface area contributed by atoms with Gasteiger partial charge in [-0.2, -0.15) is 0 Å². The van der Waals surface area contributed by atoms with Crippen LogP contribution in [0, 0.1) is 5.92 Å². The lowest BCUT2D eigenvalue weighted by molar-refractivity contribution is 0.0781. The SMILES string of the molecule is CCc1ccccc1C(=O)N1C[C@@H]2CCN[C@@H]2C1. The number of amides is 1. The van der Waals surface area contributed by atoms with Crippen LogP contribution in [0.2, 0.25) is 0 Å². The molecule has 2 atom stereocenters. The first-order chi connectivity index (χ1) is 8.79. The average molecular weight is 244 g/mol. The molecule has 1 aromatic carbocycles. The quantitative estimate of drug-likeness (QED) is 0.858. The molecule has 0 aromatic heterocycles. The lowest BCUT2D eigenvalue weighted by Crippen LogP contribution is -2.34. The first kappa shape index (κ1) is 11.7. The molecular weight excluding hydrogens is 224 g/mol. The lowest BCUT2D eigenvalue weighted by atomic mass is 10.0. The summed E-state index contributed by atoms with van der Waals surface area (Å²) in [6, 6.07) is 8.52. The molecule has 2 saturated heterocycles. The smallest absolute Gasteiger partial charge is 0.254 e. The topological polar surface area (TPSA) is 32.3 Å². The zero-order chi connectivity index (χ0) is 12.5. The second-order valence-corrected chi connectivity index (χ2v) is 5.33. The maximum Gasteiger partial charge on any atom is 0.254 e. The Hall–Kier alpha value is -1.35. The average Bonchev–Trinajstić information content (AvgIpc) is 2.98. The fourth-order valence-electron chi connectivity index (χ4n) is 3.22. The van der Waals surface area contributed by atoms with Crippen LogP contribution in [-0.4, -0.2) is 36.5 Å². The van der Waals surface area contributed by atoms with Gasteiger partial charge in [0, 0.05) is 24.7 Å². The molecule has 3 nitrogen and oxygen atoms in total. The van der Waals surface area contributed by atoms with E-state index in [1.54, 1.807) is 0 Å². The van der Waals surface area contributed by atoms with Crippen LogP contribution < -0.4 is 5.32 Å². The summed E-state index contributed by atoms with van der Waals surface area (Å²) in [5, 5.41) is 3.49. The third-order valence-corrected chi connectivity index (χ3v) is 4.28. The number of hydrogen-bond acceptors (Lipinski definition) is 2. The number of nitrogens with one attached hydrogen (secondary N) is 1. The van der Waals surface area contributed by atoms with Gasteiger partial charge < -0.3 is 10.2 Å². The number of likely N-dealkylation sites (tertiary alicyclic amines) is 1. The van der Waals surface area contributed by atoms with Gasteiger partial charge in [-0.1, -0.05) is 25.1 Å². The minimum atomic E-state index is 0.212. The van der Waals surface area contributed by atoms with Crippen molar-refractivity contribution in [2.45, 2.75) is 25.8 Å². The van der Waals surface area contributed by atoms with E-state index in [-0.39, 0.29) is 5.91 Å². The highest BCUT2D eigenvalue weighted by molar-refractivity contribution is 5.96. The van der Waals surface area contributed by atoms with Crippen LogP contribution in [0.15, 0.2) is 24.3 Å². The highest BCUT2D eigenvalue weighted by Gasteiger charge is 2.38. The maximum absolute atomic E-state index is 12.6. The van der Waals surface area contributed by atoms with Crippen LogP contribution in [0.5, 0.6) is 0 Å². The summed E-state index contributed by atoms with van der Waals surface area (Å²) in [6.45, 7) is 5.02. The van der Waals surface area contributed by atoms with Gasteiger partial charge in [0.25, 0.3) is 5.91 Å². The first-order valence-corrected chi connectivity index (χ1v) is 6.90. The van der Waals surface area contributed by atoms with E-state index in [4.69, 9.17) is 0 Å². The largest absolute Gasteiger partial charge is 0.337 e. The van der Waals surface area contributed by atoms with Gasteiger partial charge in [-0.05, 0) is 36.9 Å². The molecule has 0 radical (unpaired) electrons. The lowest BCUT2D eigenvalue weighted by Gasteiger charge is -2.19. The second kappa shape index (κ2) is 4.73. The van der Waals surface area contributed by atoms with Crippen LogP contribution in [0.25, 0.3) is 0 Å². The summed E-state index contributed by atoms with van der Waals surface area (Å²) < 4.78 is 0.